The Morgan fingerprint density at radius 1 is 1.30 bits per heavy atom. The van der Waals surface area contributed by atoms with E-state index in [1.54, 1.807) is 23.1 Å². The molecule has 106 valence electrons. The van der Waals surface area contributed by atoms with Crippen LogP contribution >= 0.6 is 0 Å². The molecule has 2 aliphatic heterocycles. The Hall–Kier alpha value is -1.91. The van der Waals surface area contributed by atoms with Gasteiger partial charge in [-0.05, 0) is 23.5 Å². The number of carbonyl (C=O) groups is 2. The average molecular weight is 276 g/mol. The quantitative estimate of drug-likeness (QED) is 0.875. The van der Waals surface area contributed by atoms with Crippen molar-refractivity contribution in [3.8, 4) is 0 Å². The fourth-order valence-corrected chi connectivity index (χ4v) is 3.08. The van der Waals surface area contributed by atoms with Crippen LogP contribution in [0.4, 0.5) is 4.39 Å². The number of carbonyl (C=O) groups excluding carboxylic acids is 2. The summed E-state index contributed by atoms with van der Waals surface area (Å²) >= 11 is 0. The number of piperidine rings is 1. The third kappa shape index (κ3) is 2.53. The fourth-order valence-electron chi connectivity index (χ4n) is 3.08. The monoisotopic (exact) mass is 276 g/mol. The smallest absolute Gasteiger partial charge is 0.227 e. The Morgan fingerprint density at radius 3 is 2.85 bits per heavy atom. The molecule has 2 heterocycles. The molecular weight excluding hydrogens is 259 g/mol. The summed E-state index contributed by atoms with van der Waals surface area (Å²) in [5.41, 5.74) is 0.432. The lowest BCUT2D eigenvalue weighted by Gasteiger charge is -2.23. The highest BCUT2D eigenvalue weighted by Crippen LogP contribution is 2.29. The zero-order valence-electron chi connectivity index (χ0n) is 11.1. The van der Waals surface area contributed by atoms with Crippen LogP contribution in [0.1, 0.15) is 12.0 Å². The molecule has 1 N–H and O–H groups in total. The van der Waals surface area contributed by atoms with Gasteiger partial charge in [-0.1, -0.05) is 18.2 Å². The summed E-state index contributed by atoms with van der Waals surface area (Å²) in [6, 6.07) is 6.36. The number of hydrogen-bond donors (Lipinski definition) is 1. The van der Waals surface area contributed by atoms with E-state index >= 15 is 0 Å². The normalized spacial score (nSPS) is 25.2. The predicted molar refractivity (Wildman–Crippen MR) is 71.3 cm³/mol. The minimum atomic E-state index is -0.339. The molecule has 2 saturated heterocycles. The van der Waals surface area contributed by atoms with E-state index < -0.39 is 0 Å². The average Bonchev–Trinajstić information content (AvgIpc) is 2.84. The van der Waals surface area contributed by atoms with Crippen LogP contribution in [-0.2, 0) is 16.0 Å². The molecule has 4 nitrogen and oxygen atoms in total. The van der Waals surface area contributed by atoms with Gasteiger partial charge in [-0.3, -0.25) is 9.59 Å². The standard InChI is InChI=1S/C15H17FN2O2/c16-13-4-2-1-3-10(13)6-15(20)18-8-11-5-14(19)17-7-12(11)9-18/h1-4,11-12H,5-9H2,(H,17,19)/t11-,12+/m0/s1. The van der Waals surface area contributed by atoms with Gasteiger partial charge >= 0.3 is 0 Å². The number of rotatable bonds is 2. The van der Waals surface area contributed by atoms with E-state index in [1.807, 2.05) is 0 Å². The number of halogens is 1. The molecule has 3 rings (SSSR count). The van der Waals surface area contributed by atoms with Gasteiger partial charge in [0.05, 0.1) is 6.42 Å². The Morgan fingerprint density at radius 2 is 2.05 bits per heavy atom. The Kier molecular flexibility index (Phi) is 3.42. The molecule has 2 atom stereocenters. The summed E-state index contributed by atoms with van der Waals surface area (Å²) in [7, 11) is 0. The van der Waals surface area contributed by atoms with Crippen LogP contribution in [0.3, 0.4) is 0 Å². The van der Waals surface area contributed by atoms with Crippen molar-refractivity contribution in [2.24, 2.45) is 11.8 Å². The highest BCUT2D eigenvalue weighted by Gasteiger charge is 2.38. The highest BCUT2D eigenvalue weighted by atomic mass is 19.1. The second-order valence-electron chi connectivity index (χ2n) is 5.60. The molecule has 0 aliphatic carbocycles. The molecule has 0 aromatic heterocycles. The van der Waals surface area contributed by atoms with Crippen LogP contribution in [-0.4, -0.2) is 36.3 Å². The molecule has 0 saturated carbocycles. The van der Waals surface area contributed by atoms with Crippen LogP contribution in [0.15, 0.2) is 24.3 Å². The van der Waals surface area contributed by atoms with Gasteiger partial charge in [0.2, 0.25) is 11.8 Å². The fraction of sp³-hybridized carbons (Fsp3) is 0.467. The van der Waals surface area contributed by atoms with Crippen molar-refractivity contribution in [2.45, 2.75) is 12.8 Å². The molecule has 20 heavy (non-hydrogen) atoms. The highest BCUT2D eigenvalue weighted by molar-refractivity contribution is 5.80. The SMILES string of the molecule is O=C1C[C@H]2CN(C(=O)Cc3ccccc3F)C[C@H]2CN1. The van der Waals surface area contributed by atoms with Crippen molar-refractivity contribution in [1.29, 1.82) is 0 Å². The molecule has 0 spiro atoms. The summed E-state index contributed by atoms with van der Waals surface area (Å²) in [5.74, 6) is 0.270. The van der Waals surface area contributed by atoms with E-state index in [-0.39, 0.29) is 30.0 Å². The summed E-state index contributed by atoms with van der Waals surface area (Å²) in [6.45, 7) is 1.93. The van der Waals surface area contributed by atoms with E-state index in [0.717, 1.165) is 0 Å². The first kappa shape index (κ1) is 13.1. The number of benzene rings is 1. The number of likely N-dealkylation sites (tertiary alicyclic amines) is 1. The number of nitrogens with one attached hydrogen (secondary N) is 1. The third-order valence-corrected chi connectivity index (χ3v) is 4.24. The molecular formula is C15H17FN2O2. The van der Waals surface area contributed by atoms with Crippen molar-refractivity contribution in [3.05, 3.63) is 35.6 Å². The van der Waals surface area contributed by atoms with Gasteiger partial charge in [-0.2, -0.15) is 0 Å². The number of amides is 2. The van der Waals surface area contributed by atoms with E-state index in [0.29, 0.717) is 37.5 Å². The minimum Gasteiger partial charge on any atom is -0.356 e. The number of nitrogens with zero attached hydrogens (tertiary/aromatic N) is 1. The Labute approximate surface area is 117 Å². The minimum absolute atomic E-state index is 0.0584. The van der Waals surface area contributed by atoms with Crippen LogP contribution in [0.2, 0.25) is 0 Å². The van der Waals surface area contributed by atoms with Crippen LogP contribution in [0, 0.1) is 17.7 Å². The second-order valence-corrected chi connectivity index (χ2v) is 5.60. The van der Waals surface area contributed by atoms with Gasteiger partial charge in [0, 0.05) is 26.1 Å². The topological polar surface area (TPSA) is 49.4 Å². The maximum absolute atomic E-state index is 13.6. The molecule has 1 aromatic carbocycles. The predicted octanol–water partition coefficient (Wildman–Crippen LogP) is 0.963. The van der Waals surface area contributed by atoms with Gasteiger partial charge in [-0.25, -0.2) is 4.39 Å². The molecule has 0 bridgehead atoms. The molecule has 0 unspecified atom stereocenters. The molecule has 0 radical (unpaired) electrons. The summed E-state index contributed by atoms with van der Waals surface area (Å²) < 4.78 is 13.6. The Bertz CT molecular complexity index is 546. The van der Waals surface area contributed by atoms with Crippen LogP contribution < -0.4 is 5.32 Å². The third-order valence-electron chi connectivity index (χ3n) is 4.24. The number of hydrogen-bond acceptors (Lipinski definition) is 2. The van der Waals surface area contributed by atoms with Gasteiger partial charge in [0.1, 0.15) is 5.82 Å². The first-order valence-corrected chi connectivity index (χ1v) is 6.91. The zero-order chi connectivity index (χ0) is 14.1. The van der Waals surface area contributed by atoms with Gasteiger partial charge in [0.15, 0.2) is 0 Å². The summed E-state index contributed by atoms with van der Waals surface area (Å²) in [4.78, 5) is 25.4. The lowest BCUT2D eigenvalue weighted by Crippen LogP contribution is -2.40. The molecule has 2 amide bonds. The second kappa shape index (κ2) is 5.23. The molecule has 1 aromatic rings. The van der Waals surface area contributed by atoms with Gasteiger partial charge in [0.25, 0.3) is 0 Å². The van der Waals surface area contributed by atoms with Crippen LogP contribution in [0.25, 0.3) is 0 Å². The lowest BCUT2D eigenvalue weighted by molar-refractivity contribution is -0.130. The van der Waals surface area contributed by atoms with E-state index in [1.165, 1.54) is 6.07 Å². The maximum atomic E-state index is 13.6. The molecule has 2 aliphatic rings. The van der Waals surface area contributed by atoms with Gasteiger partial charge in [-0.15, -0.1) is 0 Å². The first-order chi connectivity index (χ1) is 9.63. The number of fused-ring (bicyclic) bond motifs is 1. The van der Waals surface area contributed by atoms with E-state index in [2.05, 4.69) is 5.32 Å². The van der Waals surface area contributed by atoms with Crippen molar-refractivity contribution < 1.29 is 14.0 Å². The first-order valence-electron chi connectivity index (χ1n) is 6.91. The largest absolute Gasteiger partial charge is 0.356 e. The van der Waals surface area contributed by atoms with Gasteiger partial charge < -0.3 is 10.2 Å². The van der Waals surface area contributed by atoms with Crippen molar-refractivity contribution >= 4 is 11.8 Å². The van der Waals surface area contributed by atoms with E-state index in [4.69, 9.17) is 0 Å². The van der Waals surface area contributed by atoms with Crippen molar-refractivity contribution in [2.75, 3.05) is 19.6 Å². The van der Waals surface area contributed by atoms with Crippen LogP contribution in [0.5, 0.6) is 0 Å². The van der Waals surface area contributed by atoms with Crippen molar-refractivity contribution in [3.63, 3.8) is 0 Å². The lowest BCUT2D eigenvalue weighted by atomic mass is 9.89. The van der Waals surface area contributed by atoms with Crippen molar-refractivity contribution in [1.82, 2.24) is 10.2 Å². The van der Waals surface area contributed by atoms with E-state index in [9.17, 15) is 14.0 Å². The zero-order valence-corrected chi connectivity index (χ0v) is 11.1. The molecule has 2 fully saturated rings. The molecule has 5 heteroatoms. The summed E-state index contributed by atoms with van der Waals surface area (Å²) in [5, 5.41) is 2.83. The summed E-state index contributed by atoms with van der Waals surface area (Å²) in [6.07, 6.45) is 0.585. The Balaban J connectivity index is 1.64. The maximum Gasteiger partial charge on any atom is 0.227 e.